The molecule has 1 aromatic heterocycles. The van der Waals surface area contributed by atoms with Gasteiger partial charge in [-0.3, -0.25) is 9.52 Å². The van der Waals surface area contributed by atoms with E-state index in [4.69, 9.17) is 4.74 Å². The molecular formula is C24H21FN4O4S. The Bertz CT molecular complexity index is 1440. The molecule has 0 saturated heterocycles. The molecule has 0 spiro atoms. The van der Waals surface area contributed by atoms with Gasteiger partial charge in [-0.1, -0.05) is 24.3 Å². The fourth-order valence-electron chi connectivity index (χ4n) is 3.23. The van der Waals surface area contributed by atoms with E-state index in [1.54, 1.807) is 38.2 Å². The van der Waals surface area contributed by atoms with E-state index in [1.807, 2.05) is 0 Å². The highest BCUT2D eigenvalue weighted by Crippen LogP contribution is 2.32. The molecule has 174 valence electrons. The van der Waals surface area contributed by atoms with Crippen LogP contribution in [-0.2, 0) is 17.1 Å². The molecule has 0 aliphatic carbocycles. The first-order chi connectivity index (χ1) is 16.2. The van der Waals surface area contributed by atoms with Gasteiger partial charge in [-0.2, -0.15) is 5.10 Å². The summed E-state index contributed by atoms with van der Waals surface area (Å²) in [5, 5.41) is 7.03. The number of nitrogens with zero attached hydrogens (tertiary/aromatic N) is 2. The molecule has 0 atom stereocenters. The Morgan fingerprint density at radius 3 is 2.38 bits per heavy atom. The topological polar surface area (TPSA) is 102 Å². The van der Waals surface area contributed by atoms with Gasteiger partial charge in [0.25, 0.3) is 15.9 Å². The van der Waals surface area contributed by atoms with Gasteiger partial charge in [0.05, 0.1) is 10.6 Å². The Labute approximate surface area is 196 Å². The Hall–Kier alpha value is -4.18. The van der Waals surface area contributed by atoms with Gasteiger partial charge in [-0.15, -0.1) is 0 Å². The minimum atomic E-state index is -3.74. The Morgan fingerprint density at radius 1 is 1.00 bits per heavy atom. The van der Waals surface area contributed by atoms with Crippen LogP contribution in [0.5, 0.6) is 11.6 Å². The van der Waals surface area contributed by atoms with Crippen molar-refractivity contribution >= 4 is 27.3 Å². The molecule has 10 heteroatoms. The van der Waals surface area contributed by atoms with Crippen LogP contribution in [-0.4, -0.2) is 24.1 Å². The monoisotopic (exact) mass is 480 g/mol. The van der Waals surface area contributed by atoms with Crippen LogP contribution >= 0.6 is 0 Å². The van der Waals surface area contributed by atoms with Crippen LogP contribution in [0.1, 0.15) is 16.1 Å². The molecule has 1 amide bonds. The molecule has 0 bridgehead atoms. The summed E-state index contributed by atoms with van der Waals surface area (Å²) in [5.41, 5.74) is 1.45. The highest BCUT2D eigenvalue weighted by molar-refractivity contribution is 7.92. The van der Waals surface area contributed by atoms with Crippen molar-refractivity contribution in [2.24, 2.45) is 7.05 Å². The molecule has 4 aromatic rings. The van der Waals surface area contributed by atoms with E-state index < -0.39 is 21.7 Å². The first kappa shape index (κ1) is 23.0. The van der Waals surface area contributed by atoms with Gasteiger partial charge >= 0.3 is 0 Å². The Morgan fingerprint density at radius 2 is 1.71 bits per heavy atom. The summed E-state index contributed by atoms with van der Waals surface area (Å²) in [6.07, 6.45) is 0. The molecule has 1 heterocycles. The van der Waals surface area contributed by atoms with Crippen molar-refractivity contribution < 1.29 is 22.3 Å². The largest absolute Gasteiger partial charge is 0.437 e. The van der Waals surface area contributed by atoms with E-state index in [-0.39, 0.29) is 16.5 Å². The number of carbonyl (C=O) groups excluding carboxylic acids is 1. The van der Waals surface area contributed by atoms with Crippen LogP contribution in [0.25, 0.3) is 0 Å². The quantitative estimate of drug-likeness (QED) is 0.399. The average Bonchev–Trinajstić information content (AvgIpc) is 3.07. The number of hydrogen-bond donors (Lipinski definition) is 2. The van der Waals surface area contributed by atoms with Crippen molar-refractivity contribution in [1.29, 1.82) is 0 Å². The maximum atomic E-state index is 13.5. The number of aryl methyl sites for hydroxylation is 2. The lowest BCUT2D eigenvalue weighted by Crippen LogP contribution is -2.14. The summed E-state index contributed by atoms with van der Waals surface area (Å²) in [6, 6.07) is 19.6. The van der Waals surface area contributed by atoms with E-state index in [0.717, 1.165) is 0 Å². The molecule has 0 fully saturated rings. The van der Waals surface area contributed by atoms with Crippen molar-refractivity contribution in [1.82, 2.24) is 9.78 Å². The summed E-state index contributed by atoms with van der Waals surface area (Å²) in [4.78, 5) is 13.0. The van der Waals surface area contributed by atoms with Crippen molar-refractivity contribution in [2.75, 3.05) is 10.0 Å². The number of carbonyl (C=O) groups is 1. The lowest BCUT2D eigenvalue weighted by molar-refractivity contribution is 0.102. The molecule has 8 nitrogen and oxygen atoms in total. The number of sulfonamides is 1. The van der Waals surface area contributed by atoms with Crippen LogP contribution in [0.2, 0.25) is 0 Å². The average molecular weight is 481 g/mol. The molecule has 0 unspecified atom stereocenters. The number of halogens is 1. The number of hydrogen-bond acceptors (Lipinski definition) is 5. The molecule has 34 heavy (non-hydrogen) atoms. The van der Waals surface area contributed by atoms with Crippen molar-refractivity contribution in [3.05, 3.63) is 95.9 Å². The van der Waals surface area contributed by atoms with Gasteiger partial charge in [0.15, 0.2) is 0 Å². The van der Waals surface area contributed by atoms with E-state index in [1.165, 1.54) is 59.3 Å². The molecule has 0 aliphatic heterocycles. The van der Waals surface area contributed by atoms with Crippen LogP contribution in [0.4, 0.5) is 15.8 Å². The third-order valence-corrected chi connectivity index (χ3v) is 6.27. The second kappa shape index (κ2) is 9.36. The SMILES string of the molecule is Cc1nn(C)c(Oc2cccc(F)c2)c1NC(=O)c1ccc(NS(=O)(=O)c2ccccc2)cc1. The van der Waals surface area contributed by atoms with Crippen LogP contribution < -0.4 is 14.8 Å². The molecule has 2 N–H and O–H groups in total. The number of nitrogens with one attached hydrogen (secondary N) is 2. The number of benzene rings is 3. The Balaban J connectivity index is 1.50. The highest BCUT2D eigenvalue weighted by Gasteiger charge is 2.19. The highest BCUT2D eigenvalue weighted by atomic mass is 32.2. The van der Waals surface area contributed by atoms with Gasteiger partial charge in [0.1, 0.15) is 17.3 Å². The van der Waals surface area contributed by atoms with E-state index in [2.05, 4.69) is 15.1 Å². The molecule has 4 rings (SSSR count). The van der Waals surface area contributed by atoms with Crippen molar-refractivity contribution in [3.8, 4) is 11.6 Å². The van der Waals surface area contributed by atoms with Gasteiger partial charge in [-0.25, -0.2) is 17.5 Å². The third-order valence-electron chi connectivity index (χ3n) is 4.87. The van der Waals surface area contributed by atoms with Gasteiger partial charge in [-0.05, 0) is 55.5 Å². The fraction of sp³-hybridized carbons (Fsp3) is 0.0833. The zero-order valence-electron chi connectivity index (χ0n) is 18.3. The number of anilines is 2. The number of ether oxygens (including phenoxy) is 1. The summed E-state index contributed by atoms with van der Waals surface area (Å²) in [5.74, 6) is -0.403. The maximum Gasteiger partial charge on any atom is 0.261 e. The number of rotatable bonds is 7. The standard InChI is InChI=1S/C24H21FN4O4S/c1-16-22(24(29(2)27-16)33-20-8-6-7-18(25)15-20)26-23(30)17-11-13-19(14-12-17)28-34(31,32)21-9-4-3-5-10-21/h3-15,28H,1-2H3,(H,26,30). The normalized spacial score (nSPS) is 11.1. The summed E-state index contributed by atoms with van der Waals surface area (Å²) in [6.45, 7) is 1.70. The zero-order valence-corrected chi connectivity index (χ0v) is 19.1. The molecule has 0 radical (unpaired) electrons. The fourth-order valence-corrected chi connectivity index (χ4v) is 4.31. The minimum absolute atomic E-state index is 0.134. The third kappa shape index (κ3) is 5.07. The summed E-state index contributed by atoms with van der Waals surface area (Å²) in [7, 11) is -2.10. The summed E-state index contributed by atoms with van der Waals surface area (Å²) >= 11 is 0. The van der Waals surface area contributed by atoms with E-state index in [0.29, 0.717) is 22.6 Å². The smallest absolute Gasteiger partial charge is 0.261 e. The van der Waals surface area contributed by atoms with E-state index >= 15 is 0 Å². The predicted molar refractivity (Wildman–Crippen MR) is 126 cm³/mol. The maximum absolute atomic E-state index is 13.5. The second-order valence-corrected chi connectivity index (χ2v) is 9.08. The lowest BCUT2D eigenvalue weighted by Gasteiger charge is -2.11. The van der Waals surface area contributed by atoms with Gasteiger partial charge in [0, 0.05) is 24.4 Å². The van der Waals surface area contributed by atoms with Crippen LogP contribution in [0.15, 0.2) is 83.8 Å². The minimum Gasteiger partial charge on any atom is -0.437 e. The molecular weight excluding hydrogens is 459 g/mol. The molecule has 0 saturated carbocycles. The summed E-state index contributed by atoms with van der Waals surface area (Å²) < 4.78 is 48.2. The van der Waals surface area contributed by atoms with Gasteiger partial charge < -0.3 is 10.1 Å². The van der Waals surface area contributed by atoms with Crippen LogP contribution in [0, 0.1) is 12.7 Å². The second-order valence-electron chi connectivity index (χ2n) is 7.40. The van der Waals surface area contributed by atoms with Crippen molar-refractivity contribution in [2.45, 2.75) is 11.8 Å². The first-order valence-electron chi connectivity index (χ1n) is 10.2. The van der Waals surface area contributed by atoms with Crippen LogP contribution in [0.3, 0.4) is 0 Å². The predicted octanol–water partition coefficient (Wildman–Crippen LogP) is 4.71. The number of aromatic nitrogens is 2. The zero-order chi connectivity index (χ0) is 24.3. The first-order valence-corrected chi connectivity index (χ1v) is 11.7. The van der Waals surface area contributed by atoms with E-state index in [9.17, 15) is 17.6 Å². The Kier molecular flexibility index (Phi) is 6.33. The molecule has 3 aromatic carbocycles. The van der Waals surface area contributed by atoms with Crippen molar-refractivity contribution in [3.63, 3.8) is 0 Å². The molecule has 0 aliphatic rings. The van der Waals surface area contributed by atoms with Gasteiger partial charge in [0.2, 0.25) is 5.88 Å². The lowest BCUT2D eigenvalue weighted by atomic mass is 10.2. The number of amides is 1.